The number of hydrogen-bond acceptors (Lipinski definition) is 2. The van der Waals surface area contributed by atoms with E-state index in [0.717, 1.165) is 13.0 Å². The fourth-order valence-corrected chi connectivity index (χ4v) is 2.19. The van der Waals surface area contributed by atoms with Crippen LogP contribution in [0, 0.1) is 11.8 Å². The molecular weight excluding hydrogens is 188 g/mol. The first-order valence-electron chi connectivity index (χ1n) is 6.04. The molecule has 0 saturated carbocycles. The molecule has 3 nitrogen and oxygen atoms in total. The summed E-state index contributed by atoms with van der Waals surface area (Å²) in [7, 11) is 0. The lowest BCUT2D eigenvalue weighted by atomic mass is 9.93. The highest BCUT2D eigenvalue weighted by atomic mass is 16.2. The molecule has 0 aliphatic carbocycles. The van der Waals surface area contributed by atoms with Gasteiger partial charge < -0.3 is 10.6 Å². The predicted octanol–water partition coefficient (Wildman–Crippen LogP) is 1.62. The highest BCUT2D eigenvalue weighted by Gasteiger charge is 2.28. The molecule has 1 amide bonds. The van der Waals surface area contributed by atoms with E-state index in [-0.39, 0.29) is 0 Å². The van der Waals surface area contributed by atoms with Gasteiger partial charge in [-0.1, -0.05) is 13.8 Å². The van der Waals surface area contributed by atoms with Gasteiger partial charge in [-0.3, -0.25) is 4.79 Å². The van der Waals surface area contributed by atoms with Crippen molar-refractivity contribution in [2.24, 2.45) is 17.6 Å². The van der Waals surface area contributed by atoms with Gasteiger partial charge in [-0.2, -0.15) is 0 Å². The number of amides is 1. The van der Waals surface area contributed by atoms with Crippen molar-refractivity contribution in [3.8, 4) is 0 Å². The normalized spacial score (nSPS) is 27.1. The van der Waals surface area contributed by atoms with Gasteiger partial charge in [0.25, 0.3) is 0 Å². The number of nitrogens with zero attached hydrogens (tertiary/aromatic N) is 1. The highest BCUT2D eigenvalue weighted by Crippen LogP contribution is 2.22. The molecule has 2 unspecified atom stereocenters. The first-order valence-corrected chi connectivity index (χ1v) is 6.04. The first kappa shape index (κ1) is 12.5. The van der Waals surface area contributed by atoms with Crippen molar-refractivity contribution in [2.45, 2.75) is 46.1 Å². The summed E-state index contributed by atoms with van der Waals surface area (Å²) in [6, 6.07) is 0.402. The molecule has 1 fully saturated rings. The minimum absolute atomic E-state index is 0.302. The van der Waals surface area contributed by atoms with Crippen LogP contribution in [-0.4, -0.2) is 29.9 Å². The molecule has 88 valence electrons. The number of carbonyl (C=O) groups excluding carboxylic acids is 1. The largest absolute Gasteiger partial charge is 0.340 e. The maximum Gasteiger partial charge on any atom is 0.223 e. The van der Waals surface area contributed by atoms with Crippen molar-refractivity contribution in [3.05, 3.63) is 0 Å². The minimum atomic E-state index is 0.302. The first-order chi connectivity index (χ1) is 7.04. The number of carbonyl (C=O) groups is 1. The zero-order valence-electron chi connectivity index (χ0n) is 10.2. The number of piperidine rings is 1. The zero-order chi connectivity index (χ0) is 11.4. The Morgan fingerprint density at radius 2 is 2.13 bits per heavy atom. The van der Waals surface area contributed by atoms with Crippen LogP contribution >= 0.6 is 0 Å². The van der Waals surface area contributed by atoms with Crippen LogP contribution in [0.15, 0.2) is 0 Å². The van der Waals surface area contributed by atoms with Gasteiger partial charge in [0, 0.05) is 19.0 Å². The molecule has 3 heteroatoms. The van der Waals surface area contributed by atoms with E-state index in [1.165, 1.54) is 6.42 Å². The lowest BCUT2D eigenvalue weighted by molar-refractivity contribution is -0.136. The third-order valence-corrected chi connectivity index (χ3v) is 3.22. The van der Waals surface area contributed by atoms with Gasteiger partial charge in [0.05, 0.1) is 0 Å². The van der Waals surface area contributed by atoms with Gasteiger partial charge in [0.1, 0.15) is 0 Å². The summed E-state index contributed by atoms with van der Waals surface area (Å²) >= 11 is 0. The molecule has 1 rings (SSSR count). The summed E-state index contributed by atoms with van der Waals surface area (Å²) in [6.07, 6.45) is 2.94. The number of likely N-dealkylation sites (tertiary alicyclic amines) is 1. The molecule has 0 aromatic heterocycles. The Labute approximate surface area is 93.0 Å². The Hall–Kier alpha value is -0.570. The Morgan fingerprint density at radius 1 is 1.47 bits per heavy atom. The second-order valence-electron chi connectivity index (χ2n) is 5.17. The Balaban J connectivity index is 2.53. The molecule has 2 atom stereocenters. The second-order valence-corrected chi connectivity index (χ2v) is 5.17. The summed E-state index contributed by atoms with van der Waals surface area (Å²) in [4.78, 5) is 14.0. The van der Waals surface area contributed by atoms with Crippen molar-refractivity contribution < 1.29 is 4.79 Å². The predicted molar refractivity (Wildman–Crippen MR) is 62.4 cm³/mol. The Morgan fingerprint density at radius 3 is 2.67 bits per heavy atom. The van der Waals surface area contributed by atoms with E-state index >= 15 is 0 Å². The van der Waals surface area contributed by atoms with E-state index in [9.17, 15) is 4.79 Å². The lowest BCUT2D eigenvalue weighted by Crippen LogP contribution is -2.47. The van der Waals surface area contributed by atoms with E-state index in [2.05, 4.69) is 20.8 Å². The number of hydrogen-bond donors (Lipinski definition) is 1. The van der Waals surface area contributed by atoms with Crippen LogP contribution in [-0.2, 0) is 4.79 Å². The summed E-state index contributed by atoms with van der Waals surface area (Å²) in [5.41, 5.74) is 5.67. The lowest BCUT2D eigenvalue weighted by Gasteiger charge is -2.38. The van der Waals surface area contributed by atoms with Crippen LogP contribution in [0.5, 0.6) is 0 Å². The van der Waals surface area contributed by atoms with Gasteiger partial charge in [-0.25, -0.2) is 0 Å². The van der Waals surface area contributed by atoms with Crippen LogP contribution in [0.25, 0.3) is 0 Å². The van der Waals surface area contributed by atoms with Crippen molar-refractivity contribution in [2.75, 3.05) is 13.1 Å². The van der Waals surface area contributed by atoms with Gasteiger partial charge in [-0.05, 0) is 38.1 Å². The molecule has 1 saturated heterocycles. The molecule has 0 aromatic rings. The molecule has 15 heavy (non-hydrogen) atoms. The van der Waals surface area contributed by atoms with Crippen molar-refractivity contribution in [3.63, 3.8) is 0 Å². The standard InChI is InChI=1S/C12H24N2O/c1-9(2)6-12(15)14-8-11(7-13)5-4-10(14)3/h9-11H,4-8,13H2,1-3H3. The average molecular weight is 212 g/mol. The fourth-order valence-electron chi connectivity index (χ4n) is 2.19. The quantitative estimate of drug-likeness (QED) is 0.772. The number of nitrogens with two attached hydrogens (primary N) is 1. The fraction of sp³-hybridized carbons (Fsp3) is 0.917. The maximum absolute atomic E-state index is 12.0. The van der Waals surface area contributed by atoms with Crippen LogP contribution in [0.2, 0.25) is 0 Å². The molecule has 0 spiro atoms. The highest BCUT2D eigenvalue weighted by molar-refractivity contribution is 5.76. The van der Waals surface area contributed by atoms with Crippen LogP contribution in [0.1, 0.15) is 40.0 Å². The topological polar surface area (TPSA) is 46.3 Å². The second kappa shape index (κ2) is 5.50. The Kier molecular flexibility index (Phi) is 4.58. The van der Waals surface area contributed by atoms with Crippen LogP contribution < -0.4 is 5.73 Å². The van der Waals surface area contributed by atoms with Gasteiger partial charge in [0.2, 0.25) is 5.91 Å². The summed E-state index contributed by atoms with van der Waals surface area (Å²) in [5.74, 6) is 1.26. The van der Waals surface area contributed by atoms with Crippen LogP contribution in [0.4, 0.5) is 0 Å². The summed E-state index contributed by atoms with van der Waals surface area (Å²) in [5, 5.41) is 0. The van der Waals surface area contributed by atoms with E-state index in [4.69, 9.17) is 5.73 Å². The van der Waals surface area contributed by atoms with Gasteiger partial charge in [0.15, 0.2) is 0 Å². The molecule has 1 aliphatic rings. The van der Waals surface area contributed by atoms with E-state index in [0.29, 0.717) is 36.8 Å². The van der Waals surface area contributed by atoms with Gasteiger partial charge in [-0.15, -0.1) is 0 Å². The molecule has 0 radical (unpaired) electrons. The summed E-state index contributed by atoms with van der Waals surface area (Å²) < 4.78 is 0. The van der Waals surface area contributed by atoms with E-state index < -0.39 is 0 Å². The Bertz CT molecular complexity index is 216. The number of rotatable bonds is 3. The molecule has 0 bridgehead atoms. The third kappa shape index (κ3) is 3.49. The third-order valence-electron chi connectivity index (χ3n) is 3.22. The maximum atomic E-state index is 12.0. The smallest absolute Gasteiger partial charge is 0.223 e. The molecule has 0 aromatic carbocycles. The molecule has 1 heterocycles. The van der Waals surface area contributed by atoms with E-state index in [1.54, 1.807) is 0 Å². The van der Waals surface area contributed by atoms with Crippen molar-refractivity contribution in [1.82, 2.24) is 4.90 Å². The minimum Gasteiger partial charge on any atom is -0.340 e. The molecule has 2 N–H and O–H groups in total. The average Bonchev–Trinajstić information content (AvgIpc) is 2.17. The van der Waals surface area contributed by atoms with E-state index in [1.807, 2.05) is 4.90 Å². The van der Waals surface area contributed by atoms with Crippen LogP contribution in [0.3, 0.4) is 0 Å². The molecule has 1 aliphatic heterocycles. The molecular formula is C12H24N2O. The van der Waals surface area contributed by atoms with Gasteiger partial charge >= 0.3 is 0 Å². The monoisotopic (exact) mass is 212 g/mol. The van der Waals surface area contributed by atoms with Crippen molar-refractivity contribution in [1.29, 1.82) is 0 Å². The summed E-state index contributed by atoms with van der Waals surface area (Å²) in [6.45, 7) is 7.90. The zero-order valence-corrected chi connectivity index (χ0v) is 10.2. The SMILES string of the molecule is CC(C)CC(=O)N1CC(CN)CCC1C. The van der Waals surface area contributed by atoms with Crippen molar-refractivity contribution >= 4 is 5.91 Å².